The third-order valence-corrected chi connectivity index (χ3v) is 10.7. The minimum Gasteiger partial charge on any atom is -0.353 e. The van der Waals surface area contributed by atoms with Gasteiger partial charge < -0.3 is 5.32 Å². The molecular weight excluding hydrogens is 378 g/mol. The molecular formula is C29H49NO. The summed E-state index contributed by atoms with van der Waals surface area (Å²) in [5.74, 6) is 5.53. The zero-order valence-electron chi connectivity index (χ0n) is 21.3. The molecule has 3 fully saturated rings. The summed E-state index contributed by atoms with van der Waals surface area (Å²) in [6.07, 6.45) is 17.6. The Labute approximate surface area is 192 Å². The lowest BCUT2D eigenvalue weighted by atomic mass is 9.47. The first kappa shape index (κ1) is 23.4. The Hall–Kier alpha value is -0.790. The molecule has 176 valence electrons. The molecule has 2 heteroatoms. The van der Waals surface area contributed by atoms with Gasteiger partial charge in [-0.3, -0.25) is 4.79 Å². The second-order valence-electron chi connectivity index (χ2n) is 12.9. The molecule has 1 N–H and O–H groups in total. The first-order valence-electron chi connectivity index (χ1n) is 13.6. The van der Waals surface area contributed by atoms with Gasteiger partial charge in [-0.05, 0) is 97.7 Å². The van der Waals surface area contributed by atoms with E-state index in [-0.39, 0.29) is 5.91 Å². The maximum absolute atomic E-state index is 11.6. The van der Waals surface area contributed by atoms with Gasteiger partial charge in [-0.2, -0.15) is 0 Å². The Morgan fingerprint density at radius 2 is 1.84 bits per heavy atom. The van der Waals surface area contributed by atoms with Gasteiger partial charge in [0.25, 0.3) is 0 Å². The topological polar surface area (TPSA) is 29.1 Å². The van der Waals surface area contributed by atoms with Gasteiger partial charge >= 0.3 is 0 Å². The van der Waals surface area contributed by atoms with Crippen LogP contribution in [-0.4, -0.2) is 11.9 Å². The Bertz CT molecular complexity index is 695. The van der Waals surface area contributed by atoms with E-state index >= 15 is 0 Å². The summed E-state index contributed by atoms with van der Waals surface area (Å²) in [6.45, 7) is 14.3. The van der Waals surface area contributed by atoms with Crippen LogP contribution in [0.1, 0.15) is 112 Å². The number of carbonyl (C=O) groups excluding carboxylic acids is 1. The van der Waals surface area contributed by atoms with E-state index in [1.807, 2.05) is 0 Å². The molecule has 0 aromatic rings. The molecule has 3 saturated carbocycles. The summed E-state index contributed by atoms with van der Waals surface area (Å²) < 4.78 is 0. The molecule has 8 atom stereocenters. The minimum atomic E-state index is 0.135. The van der Waals surface area contributed by atoms with Crippen molar-refractivity contribution < 1.29 is 4.79 Å². The Kier molecular flexibility index (Phi) is 6.68. The zero-order valence-corrected chi connectivity index (χ0v) is 21.3. The van der Waals surface area contributed by atoms with Crippen molar-refractivity contribution in [1.82, 2.24) is 5.32 Å². The van der Waals surface area contributed by atoms with Gasteiger partial charge in [0.1, 0.15) is 0 Å². The molecule has 0 unspecified atom stereocenters. The van der Waals surface area contributed by atoms with Crippen molar-refractivity contribution in [3.63, 3.8) is 0 Å². The van der Waals surface area contributed by atoms with Crippen molar-refractivity contribution in [2.45, 2.75) is 118 Å². The Morgan fingerprint density at radius 3 is 2.55 bits per heavy atom. The van der Waals surface area contributed by atoms with Crippen molar-refractivity contribution in [3.05, 3.63) is 11.6 Å². The zero-order chi connectivity index (χ0) is 22.4. The monoisotopic (exact) mass is 427 g/mol. The fourth-order valence-corrected chi connectivity index (χ4v) is 9.10. The molecule has 0 radical (unpaired) electrons. The summed E-state index contributed by atoms with van der Waals surface area (Å²) in [4.78, 5) is 11.6. The number of hydrogen-bond donors (Lipinski definition) is 1. The smallest absolute Gasteiger partial charge is 0.217 e. The predicted molar refractivity (Wildman–Crippen MR) is 131 cm³/mol. The van der Waals surface area contributed by atoms with Crippen LogP contribution in [0.15, 0.2) is 11.6 Å². The number of carbonyl (C=O) groups is 1. The minimum absolute atomic E-state index is 0.135. The van der Waals surface area contributed by atoms with Crippen LogP contribution >= 0.6 is 0 Å². The van der Waals surface area contributed by atoms with Crippen LogP contribution in [0.5, 0.6) is 0 Å². The molecule has 31 heavy (non-hydrogen) atoms. The van der Waals surface area contributed by atoms with E-state index in [2.05, 4.69) is 46.0 Å². The number of rotatable bonds is 6. The van der Waals surface area contributed by atoms with Crippen LogP contribution in [0.4, 0.5) is 0 Å². The van der Waals surface area contributed by atoms with Gasteiger partial charge in [0.05, 0.1) is 0 Å². The second-order valence-corrected chi connectivity index (χ2v) is 12.9. The third kappa shape index (κ3) is 4.26. The van der Waals surface area contributed by atoms with Crippen LogP contribution < -0.4 is 5.32 Å². The highest BCUT2D eigenvalue weighted by Crippen LogP contribution is 2.67. The van der Waals surface area contributed by atoms with Crippen LogP contribution in [-0.2, 0) is 4.79 Å². The average Bonchev–Trinajstić information content (AvgIpc) is 3.05. The van der Waals surface area contributed by atoms with Crippen LogP contribution in [0.2, 0.25) is 0 Å². The Balaban J connectivity index is 1.47. The quantitative estimate of drug-likeness (QED) is 0.436. The van der Waals surface area contributed by atoms with Crippen molar-refractivity contribution in [3.8, 4) is 0 Å². The molecule has 0 bridgehead atoms. The maximum Gasteiger partial charge on any atom is 0.217 e. The number of nitrogens with one attached hydrogen (secondary N) is 1. The van der Waals surface area contributed by atoms with Gasteiger partial charge in [-0.15, -0.1) is 0 Å². The average molecular weight is 428 g/mol. The van der Waals surface area contributed by atoms with E-state index in [0.29, 0.717) is 16.9 Å². The summed E-state index contributed by atoms with van der Waals surface area (Å²) in [5, 5.41) is 3.21. The van der Waals surface area contributed by atoms with E-state index in [1.165, 1.54) is 57.8 Å². The molecule has 0 aliphatic heterocycles. The highest BCUT2D eigenvalue weighted by atomic mass is 16.1. The van der Waals surface area contributed by atoms with E-state index in [9.17, 15) is 4.79 Å². The lowest BCUT2D eigenvalue weighted by Crippen LogP contribution is -2.52. The summed E-state index contributed by atoms with van der Waals surface area (Å²) >= 11 is 0. The highest BCUT2D eigenvalue weighted by Gasteiger charge is 2.59. The first-order valence-corrected chi connectivity index (χ1v) is 13.6. The standard InChI is InChI=1S/C29H49NO/c1-19(2)8-7-9-20(3)25-12-13-26-24-11-10-22-18-23(30-21(4)31)14-16-28(22,5)27(24)15-17-29(25,26)6/h10,19-20,23-27H,7-9,11-18H2,1-6H3,(H,30,31)/t20-,23-,24-,25+,26-,27-,28-,29+/m0/s1. The normalized spacial score (nSPS) is 42.9. The van der Waals surface area contributed by atoms with E-state index in [0.717, 1.165) is 48.3 Å². The third-order valence-electron chi connectivity index (χ3n) is 10.7. The fraction of sp³-hybridized carbons (Fsp3) is 0.897. The van der Waals surface area contributed by atoms with Crippen molar-refractivity contribution in [2.75, 3.05) is 0 Å². The van der Waals surface area contributed by atoms with Gasteiger partial charge in [0, 0.05) is 13.0 Å². The lowest BCUT2D eigenvalue weighted by molar-refractivity contribution is -0.120. The molecule has 0 spiro atoms. The van der Waals surface area contributed by atoms with Gasteiger partial charge in [-0.25, -0.2) is 0 Å². The number of amides is 1. The van der Waals surface area contributed by atoms with Crippen molar-refractivity contribution >= 4 is 5.91 Å². The van der Waals surface area contributed by atoms with Gasteiger partial charge in [0.15, 0.2) is 0 Å². The van der Waals surface area contributed by atoms with E-state index < -0.39 is 0 Å². The SMILES string of the molecule is CC(=O)N[C@H]1CC[C@@]2(C)C(=CC[C@H]3[C@@H]4CC[C@H]([C@@H](C)CCCC(C)C)[C@@]4(C)CC[C@@H]32)C1. The molecule has 0 heterocycles. The highest BCUT2D eigenvalue weighted by molar-refractivity contribution is 5.73. The van der Waals surface area contributed by atoms with Crippen LogP contribution in [0.25, 0.3) is 0 Å². The molecule has 1 amide bonds. The number of allylic oxidation sites excluding steroid dienone is 1. The summed E-state index contributed by atoms with van der Waals surface area (Å²) in [5.41, 5.74) is 2.65. The second kappa shape index (κ2) is 8.86. The molecule has 2 nitrogen and oxygen atoms in total. The van der Waals surface area contributed by atoms with Crippen LogP contribution in [0.3, 0.4) is 0 Å². The van der Waals surface area contributed by atoms with E-state index in [1.54, 1.807) is 12.5 Å². The molecule has 0 saturated heterocycles. The molecule has 4 rings (SSSR count). The van der Waals surface area contributed by atoms with Gasteiger partial charge in [0.2, 0.25) is 5.91 Å². The Morgan fingerprint density at radius 1 is 1.06 bits per heavy atom. The number of fused-ring (bicyclic) bond motifs is 5. The van der Waals surface area contributed by atoms with Crippen molar-refractivity contribution in [2.24, 2.45) is 46.3 Å². The van der Waals surface area contributed by atoms with Crippen LogP contribution in [0, 0.1) is 46.3 Å². The first-order chi connectivity index (χ1) is 14.6. The molecule has 4 aliphatic carbocycles. The molecule has 4 aliphatic rings. The lowest BCUT2D eigenvalue weighted by Gasteiger charge is -2.58. The molecule has 0 aromatic carbocycles. The number of hydrogen-bond acceptors (Lipinski definition) is 1. The predicted octanol–water partition coefficient (Wildman–Crippen LogP) is 7.53. The fourth-order valence-electron chi connectivity index (χ4n) is 9.10. The van der Waals surface area contributed by atoms with Gasteiger partial charge in [-0.1, -0.05) is 65.5 Å². The largest absolute Gasteiger partial charge is 0.353 e. The van der Waals surface area contributed by atoms with E-state index in [4.69, 9.17) is 0 Å². The summed E-state index contributed by atoms with van der Waals surface area (Å²) in [6, 6.07) is 0.366. The summed E-state index contributed by atoms with van der Waals surface area (Å²) in [7, 11) is 0. The maximum atomic E-state index is 11.6. The molecule has 0 aromatic heterocycles. The van der Waals surface area contributed by atoms with Crippen molar-refractivity contribution in [1.29, 1.82) is 0 Å².